The first-order valence-electron chi connectivity index (χ1n) is 8.84. The van der Waals surface area contributed by atoms with Gasteiger partial charge in [0.15, 0.2) is 0 Å². The Labute approximate surface area is 166 Å². The summed E-state index contributed by atoms with van der Waals surface area (Å²) >= 11 is 1.46. The van der Waals surface area contributed by atoms with Gasteiger partial charge in [-0.1, -0.05) is 41.6 Å². The van der Waals surface area contributed by atoms with E-state index in [-0.39, 0.29) is 18.5 Å². The van der Waals surface area contributed by atoms with Crippen molar-refractivity contribution in [2.75, 3.05) is 0 Å². The summed E-state index contributed by atoms with van der Waals surface area (Å²) in [5, 5.41) is 8.56. The highest BCUT2D eigenvalue weighted by Gasteiger charge is 2.15. The Bertz CT molecular complexity index is 1130. The Hall–Kier alpha value is -2.87. The van der Waals surface area contributed by atoms with Gasteiger partial charge in [0.05, 0.1) is 6.42 Å². The van der Waals surface area contributed by atoms with Gasteiger partial charge in [0, 0.05) is 23.6 Å². The Balaban J connectivity index is 1.77. The predicted molar refractivity (Wildman–Crippen MR) is 109 cm³/mol. The van der Waals surface area contributed by atoms with Crippen LogP contribution in [-0.2, 0) is 18.7 Å². The van der Waals surface area contributed by atoms with Crippen molar-refractivity contribution >= 4 is 11.8 Å². The molecule has 0 spiro atoms. The largest absolute Gasteiger partial charge is 0.416 e. The normalized spacial score (nSPS) is 11.0. The van der Waals surface area contributed by atoms with Gasteiger partial charge in [0.25, 0.3) is 10.8 Å². The zero-order chi connectivity index (χ0) is 20.3. The average molecular weight is 398 g/mol. The first-order valence-corrected chi connectivity index (χ1v) is 9.82. The molecule has 0 saturated heterocycles. The van der Waals surface area contributed by atoms with Crippen LogP contribution in [0.2, 0.25) is 0 Å². The van der Waals surface area contributed by atoms with Gasteiger partial charge in [-0.25, -0.2) is 4.79 Å². The summed E-state index contributed by atoms with van der Waals surface area (Å²) in [5.74, 6) is 1.06. The summed E-state index contributed by atoms with van der Waals surface area (Å²) in [6.07, 6.45) is 1.67. The molecule has 3 rings (SSSR count). The molecule has 3 aromatic rings. The van der Waals surface area contributed by atoms with E-state index in [1.807, 2.05) is 0 Å². The molecule has 2 heterocycles. The third-order valence-electron chi connectivity index (χ3n) is 4.44. The standard InChI is InChI=1S/C20H22N4O3S/c1-5-8-24-18(25)16(14(4)21-19(24)26)10-17-22-23-20(27-17)28-11-15-9-12(2)6-7-13(15)3/h5-7,9H,1,8,10-11H2,2-4H3,(H,21,26). The molecule has 0 aliphatic rings. The van der Waals surface area contributed by atoms with Crippen molar-refractivity contribution in [3.63, 3.8) is 0 Å². The lowest BCUT2D eigenvalue weighted by molar-refractivity contribution is 0.419. The first kappa shape index (κ1) is 19.9. The van der Waals surface area contributed by atoms with E-state index in [4.69, 9.17) is 4.42 Å². The molecule has 0 fully saturated rings. The Kier molecular flexibility index (Phi) is 5.99. The van der Waals surface area contributed by atoms with Crippen molar-refractivity contribution in [1.29, 1.82) is 0 Å². The second-order valence-corrected chi connectivity index (χ2v) is 7.52. The molecule has 0 atom stereocenters. The molecule has 0 amide bonds. The maximum absolute atomic E-state index is 12.6. The molecular formula is C20H22N4O3S. The maximum Gasteiger partial charge on any atom is 0.328 e. The molecule has 28 heavy (non-hydrogen) atoms. The van der Waals surface area contributed by atoms with Gasteiger partial charge in [0.1, 0.15) is 0 Å². The SMILES string of the molecule is C=CCn1c(=O)[nH]c(C)c(Cc2nnc(SCc3cc(C)ccc3C)o2)c1=O. The van der Waals surface area contributed by atoms with Crippen molar-refractivity contribution in [3.8, 4) is 0 Å². The lowest BCUT2D eigenvalue weighted by atomic mass is 10.1. The summed E-state index contributed by atoms with van der Waals surface area (Å²) in [7, 11) is 0. The van der Waals surface area contributed by atoms with Gasteiger partial charge in [-0.3, -0.25) is 9.36 Å². The number of aromatic nitrogens is 4. The molecule has 7 nitrogen and oxygen atoms in total. The van der Waals surface area contributed by atoms with Crippen LogP contribution < -0.4 is 11.2 Å². The number of aromatic amines is 1. The van der Waals surface area contributed by atoms with E-state index in [1.54, 1.807) is 6.92 Å². The molecule has 2 aromatic heterocycles. The van der Waals surface area contributed by atoms with Crippen LogP contribution in [0.4, 0.5) is 0 Å². The number of thioether (sulfide) groups is 1. The molecule has 1 aromatic carbocycles. The van der Waals surface area contributed by atoms with Crippen LogP contribution in [0.25, 0.3) is 0 Å². The number of benzene rings is 1. The number of aryl methyl sites for hydroxylation is 3. The lowest BCUT2D eigenvalue weighted by Gasteiger charge is -2.07. The fraction of sp³-hybridized carbons (Fsp3) is 0.300. The van der Waals surface area contributed by atoms with Crippen LogP contribution in [0.5, 0.6) is 0 Å². The summed E-state index contributed by atoms with van der Waals surface area (Å²) in [4.78, 5) is 27.2. The second kappa shape index (κ2) is 8.43. The molecule has 0 aliphatic heterocycles. The van der Waals surface area contributed by atoms with Gasteiger partial charge in [-0.15, -0.1) is 16.8 Å². The molecular weight excluding hydrogens is 376 g/mol. The van der Waals surface area contributed by atoms with Crippen LogP contribution in [0.15, 0.2) is 50.1 Å². The zero-order valence-corrected chi connectivity index (χ0v) is 16.9. The van der Waals surface area contributed by atoms with Crippen molar-refractivity contribution in [3.05, 3.63) is 85.5 Å². The van der Waals surface area contributed by atoms with Gasteiger partial charge < -0.3 is 9.40 Å². The molecule has 0 saturated carbocycles. The Morgan fingerprint density at radius 3 is 2.79 bits per heavy atom. The topological polar surface area (TPSA) is 93.8 Å². The van der Waals surface area contributed by atoms with Crippen LogP contribution in [-0.4, -0.2) is 19.7 Å². The highest BCUT2D eigenvalue weighted by atomic mass is 32.2. The number of nitrogens with zero attached hydrogens (tertiary/aromatic N) is 3. The Morgan fingerprint density at radius 1 is 1.25 bits per heavy atom. The van der Waals surface area contributed by atoms with Crippen molar-refractivity contribution in [2.24, 2.45) is 0 Å². The van der Waals surface area contributed by atoms with Gasteiger partial charge in [0.2, 0.25) is 5.89 Å². The van der Waals surface area contributed by atoms with E-state index in [0.717, 1.165) is 10.3 Å². The summed E-state index contributed by atoms with van der Waals surface area (Å²) in [6.45, 7) is 9.53. The minimum Gasteiger partial charge on any atom is -0.416 e. The predicted octanol–water partition coefficient (Wildman–Crippen LogP) is 2.91. The monoisotopic (exact) mass is 398 g/mol. The van der Waals surface area contributed by atoms with E-state index >= 15 is 0 Å². The molecule has 0 radical (unpaired) electrons. The molecule has 0 bridgehead atoms. The van der Waals surface area contributed by atoms with E-state index < -0.39 is 5.69 Å². The quantitative estimate of drug-likeness (QED) is 0.486. The number of allylic oxidation sites excluding steroid dienone is 1. The summed E-state index contributed by atoms with van der Waals surface area (Å²) in [6, 6.07) is 6.32. The van der Waals surface area contributed by atoms with Crippen molar-refractivity contribution < 1.29 is 4.42 Å². The third-order valence-corrected chi connectivity index (χ3v) is 5.31. The van der Waals surface area contributed by atoms with Gasteiger partial charge in [-0.2, -0.15) is 0 Å². The average Bonchev–Trinajstić information content (AvgIpc) is 3.10. The highest BCUT2D eigenvalue weighted by Crippen LogP contribution is 2.24. The molecule has 0 unspecified atom stereocenters. The fourth-order valence-corrected chi connectivity index (χ4v) is 3.68. The van der Waals surface area contributed by atoms with Crippen molar-refractivity contribution in [2.45, 2.75) is 44.7 Å². The molecule has 0 aliphatic carbocycles. The third kappa shape index (κ3) is 4.33. The minimum absolute atomic E-state index is 0.141. The first-order chi connectivity index (χ1) is 13.4. The number of hydrogen-bond donors (Lipinski definition) is 1. The van der Waals surface area contributed by atoms with Crippen LogP contribution >= 0.6 is 11.8 Å². The summed E-state index contributed by atoms with van der Waals surface area (Å²) in [5.41, 5.74) is 3.73. The van der Waals surface area contributed by atoms with Crippen LogP contribution in [0, 0.1) is 20.8 Å². The van der Waals surface area contributed by atoms with Gasteiger partial charge >= 0.3 is 5.69 Å². The smallest absolute Gasteiger partial charge is 0.328 e. The van der Waals surface area contributed by atoms with E-state index in [0.29, 0.717) is 22.4 Å². The minimum atomic E-state index is -0.457. The number of rotatable bonds is 7. The number of H-pyrrole nitrogens is 1. The van der Waals surface area contributed by atoms with Crippen LogP contribution in [0.1, 0.15) is 33.8 Å². The second-order valence-electron chi connectivity index (χ2n) is 6.60. The number of hydrogen-bond acceptors (Lipinski definition) is 6. The van der Waals surface area contributed by atoms with Gasteiger partial charge in [-0.05, 0) is 31.9 Å². The summed E-state index contributed by atoms with van der Waals surface area (Å²) < 4.78 is 6.80. The zero-order valence-electron chi connectivity index (χ0n) is 16.1. The van der Waals surface area contributed by atoms with E-state index in [2.05, 4.69) is 53.8 Å². The maximum atomic E-state index is 12.6. The highest BCUT2D eigenvalue weighted by molar-refractivity contribution is 7.98. The number of nitrogens with one attached hydrogen (secondary N) is 1. The fourth-order valence-electron chi connectivity index (χ4n) is 2.84. The van der Waals surface area contributed by atoms with E-state index in [1.165, 1.54) is 34.5 Å². The van der Waals surface area contributed by atoms with Crippen LogP contribution in [0.3, 0.4) is 0 Å². The molecule has 146 valence electrons. The van der Waals surface area contributed by atoms with E-state index in [9.17, 15) is 9.59 Å². The lowest BCUT2D eigenvalue weighted by Crippen LogP contribution is -2.37. The Morgan fingerprint density at radius 2 is 2.04 bits per heavy atom. The molecule has 1 N–H and O–H groups in total. The molecule has 8 heteroatoms. The van der Waals surface area contributed by atoms with Crippen molar-refractivity contribution in [1.82, 2.24) is 19.7 Å².